The van der Waals surface area contributed by atoms with E-state index in [1.165, 1.54) is 24.5 Å². The Bertz CT molecular complexity index is 1880. The Kier molecular flexibility index (Phi) is 8.12. The van der Waals surface area contributed by atoms with Gasteiger partial charge in [-0.15, -0.1) is 0 Å². The number of aromatic nitrogens is 4. The minimum absolute atomic E-state index is 0.109. The Hall–Kier alpha value is -4.90. The number of pyridine rings is 2. The summed E-state index contributed by atoms with van der Waals surface area (Å²) in [6, 6.07) is 18.8. The second kappa shape index (κ2) is 11.9. The molecule has 0 spiro atoms. The van der Waals surface area contributed by atoms with E-state index in [-0.39, 0.29) is 22.8 Å². The van der Waals surface area contributed by atoms with Gasteiger partial charge in [0.1, 0.15) is 16.2 Å². The van der Waals surface area contributed by atoms with Crippen LogP contribution in [-0.4, -0.2) is 46.4 Å². The molecule has 0 saturated carbocycles. The molecule has 11 heteroatoms. The van der Waals surface area contributed by atoms with E-state index in [1.807, 2.05) is 42.7 Å². The Labute approximate surface area is 243 Å². The van der Waals surface area contributed by atoms with Crippen LogP contribution >= 0.6 is 0 Å². The predicted octanol–water partition coefficient (Wildman–Crippen LogP) is 4.71. The maximum absolute atomic E-state index is 13.2. The monoisotopic (exact) mass is 583 g/mol. The number of fused-ring (bicyclic) bond motifs is 1. The molecule has 0 aliphatic heterocycles. The van der Waals surface area contributed by atoms with Crippen LogP contribution in [0.3, 0.4) is 0 Å². The smallest absolute Gasteiger partial charge is 0.357 e. The number of rotatable bonds is 9. The Morgan fingerprint density at radius 1 is 0.976 bits per heavy atom. The Morgan fingerprint density at radius 3 is 2.40 bits per heavy atom. The number of hydrogen-bond acceptors (Lipinski definition) is 8. The van der Waals surface area contributed by atoms with Crippen molar-refractivity contribution in [3.05, 3.63) is 107 Å². The van der Waals surface area contributed by atoms with Crippen molar-refractivity contribution in [1.29, 1.82) is 0 Å². The summed E-state index contributed by atoms with van der Waals surface area (Å²) < 4.78 is 35.7. The molecule has 2 aromatic carbocycles. The lowest BCUT2D eigenvalue weighted by molar-refractivity contribution is 0.0519. The van der Waals surface area contributed by atoms with Crippen LogP contribution in [0.4, 0.5) is 0 Å². The van der Waals surface area contributed by atoms with Crippen LogP contribution in [0, 0.1) is 6.92 Å². The molecule has 0 aliphatic rings. The molecule has 0 atom stereocenters. The van der Waals surface area contributed by atoms with Crippen LogP contribution in [0.2, 0.25) is 0 Å². The fourth-order valence-electron chi connectivity index (χ4n) is 4.66. The van der Waals surface area contributed by atoms with Crippen molar-refractivity contribution < 1.29 is 22.7 Å². The lowest BCUT2D eigenvalue weighted by Crippen LogP contribution is -2.31. The van der Waals surface area contributed by atoms with Crippen LogP contribution in [0.5, 0.6) is 0 Å². The average molecular weight is 584 g/mol. The predicted molar refractivity (Wildman–Crippen MR) is 157 cm³/mol. The number of sulfonamides is 1. The highest BCUT2D eigenvalue weighted by molar-refractivity contribution is 7.90. The number of nitrogens with zero attached hydrogens (tertiary/aromatic N) is 4. The number of amides is 1. The number of nitrogens with one attached hydrogen (secondary N) is 1. The molecule has 10 nitrogen and oxygen atoms in total. The molecule has 1 amide bonds. The highest BCUT2D eigenvalue weighted by atomic mass is 32.2. The van der Waals surface area contributed by atoms with Gasteiger partial charge in [-0.3, -0.25) is 9.78 Å². The van der Waals surface area contributed by atoms with Crippen molar-refractivity contribution in [2.75, 3.05) is 6.61 Å². The van der Waals surface area contributed by atoms with Crippen LogP contribution in [0.15, 0.2) is 84.0 Å². The molecule has 0 unspecified atom stereocenters. The normalized spacial score (nSPS) is 11.4. The maximum Gasteiger partial charge on any atom is 0.357 e. The Balaban J connectivity index is 1.45. The van der Waals surface area contributed by atoms with Crippen LogP contribution in [0.25, 0.3) is 22.3 Å². The van der Waals surface area contributed by atoms with E-state index < -0.39 is 21.9 Å². The van der Waals surface area contributed by atoms with Gasteiger partial charge in [-0.25, -0.2) is 27.9 Å². The van der Waals surface area contributed by atoms with Gasteiger partial charge in [0, 0.05) is 29.9 Å². The third-order valence-corrected chi connectivity index (χ3v) is 8.07. The number of aryl methyl sites for hydroxylation is 2. The zero-order chi connectivity index (χ0) is 29.9. The van der Waals surface area contributed by atoms with Crippen molar-refractivity contribution in [2.24, 2.45) is 0 Å². The van der Waals surface area contributed by atoms with Gasteiger partial charge in [0.15, 0.2) is 11.3 Å². The number of carbonyl (C=O) groups is 2. The highest BCUT2D eigenvalue weighted by Gasteiger charge is 2.23. The highest BCUT2D eigenvalue weighted by Crippen LogP contribution is 2.28. The molecule has 3 aromatic heterocycles. The van der Waals surface area contributed by atoms with Crippen LogP contribution in [-0.2, 0) is 27.7 Å². The van der Waals surface area contributed by atoms with E-state index in [4.69, 9.17) is 9.72 Å². The number of ether oxygens (including phenoxy) is 1. The van der Waals surface area contributed by atoms with Crippen LogP contribution < -0.4 is 4.72 Å². The van der Waals surface area contributed by atoms with Gasteiger partial charge in [0.2, 0.25) is 0 Å². The lowest BCUT2D eigenvalue weighted by Gasteiger charge is -2.13. The van der Waals surface area contributed by atoms with E-state index >= 15 is 0 Å². The summed E-state index contributed by atoms with van der Waals surface area (Å²) in [5.41, 5.74) is 4.57. The van der Waals surface area contributed by atoms with Gasteiger partial charge in [-0.2, -0.15) is 0 Å². The average Bonchev–Trinajstić information content (AvgIpc) is 3.35. The van der Waals surface area contributed by atoms with Crippen molar-refractivity contribution in [3.8, 4) is 11.1 Å². The van der Waals surface area contributed by atoms with Gasteiger partial charge in [-0.05, 0) is 54.8 Å². The molecule has 214 valence electrons. The first-order chi connectivity index (χ1) is 20.2. The third kappa shape index (κ3) is 5.77. The largest absolute Gasteiger partial charge is 0.461 e. The SMILES string of the molecule is CCOC(=O)c1cc(C)c2nc(CC)n(Cc3ccc(-c4ccncc4S(=O)(=O)NC(=O)c4ccccc4)cc3)c2n1. The quantitative estimate of drug-likeness (QED) is 0.247. The zero-order valence-corrected chi connectivity index (χ0v) is 24.2. The minimum Gasteiger partial charge on any atom is -0.461 e. The number of hydrogen-bond donors (Lipinski definition) is 1. The molecular formula is C31H29N5O5S. The fourth-order valence-corrected chi connectivity index (χ4v) is 5.81. The summed E-state index contributed by atoms with van der Waals surface area (Å²) in [4.78, 5) is 38.2. The van der Waals surface area contributed by atoms with E-state index in [2.05, 4.69) is 14.7 Å². The summed E-state index contributed by atoms with van der Waals surface area (Å²) in [6.07, 6.45) is 3.39. The lowest BCUT2D eigenvalue weighted by atomic mass is 10.0. The van der Waals surface area contributed by atoms with Gasteiger partial charge >= 0.3 is 5.97 Å². The van der Waals surface area contributed by atoms with E-state index in [1.54, 1.807) is 37.3 Å². The molecule has 0 bridgehead atoms. The third-order valence-electron chi connectivity index (χ3n) is 6.72. The summed E-state index contributed by atoms with van der Waals surface area (Å²) >= 11 is 0. The summed E-state index contributed by atoms with van der Waals surface area (Å²) in [5.74, 6) is -0.391. The molecule has 0 saturated heterocycles. The van der Waals surface area contributed by atoms with Crippen molar-refractivity contribution in [2.45, 2.75) is 38.6 Å². The second-order valence-corrected chi connectivity index (χ2v) is 11.2. The van der Waals surface area contributed by atoms with Crippen LogP contribution in [0.1, 0.15) is 51.6 Å². The molecule has 0 radical (unpaired) electrons. The minimum atomic E-state index is -4.21. The summed E-state index contributed by atoms with van der Waals surface area (Å²) in [5, 5.41) is 0. The summed E-state index contributed by atoms with van der Waals surface area (Å²) in [6.45, 7) is 6.33. The first kappa shape index (κ1) is 28.6. The van der Waals surface area contributed by atoms with Crippen molar-refractivity contribution in [1.82, 2.24) is 24.2 Å². The molecule has 1 N–H and O–H groups in total. The number of esters is 1. The van der Waals surface area contributed by atoms with Gasteiger partial charge < -0.3 is 9.30 Å². The first-order valence-electron chi connectivity index (χ1n) is 13.4. The molecular weight excluding hydrogens is 554 g/mol. The van der Waals surface area contributed by atoms with Crippen molar-refractivity contribution in [3.63, 3.8) is 0 Å². The molecule has 0 fully saturated rings. The maximum atomic E-state index is 13.2. The van der Waals surface area contributed by atoms with E-state index in [9.17, 15) is 18.0 Å². The molecule has 3 heterocycles. The standard InChI is InChI=1S/C31H29N5O5S/c1-4-27-34-28-20(3)17-25(31(38)41-5-2)33-29(28)36(27)19-21-11-13-22(14-12-21)24-15-16-32-18-26(24)42(39,40)35-30(37)23-9-7-6-8-10-23/h6-18H,4-5,19H2,1-3H3,(H,35,37). The zero-order valence-electron chi connectivity index (χ0n) is 23.4. The van der Waals surface area contributed by atoms with Gasteiger partial charge in [-0.1, -0.05) is 49.4 Å². The van der Waals surface area contributed by atoms with Gasteiger partial charge in [0.05, 0.1) is 13.2 Å². The molecule has 5 rings (SSSR count). The van der Waals surface area contributed by atoms with E-state index in [0.29, 0.717) is 29.7 Å². The molecule has 5 aromatic rings. The summed E-state index contributed by atoms with van der Waals surface area (Å²) in [7, 11) is -4.21. The fraction of sp³-hybridized carbons (Fsp3) is 0.194. The first-order valence-corrected chi connectivity index (χ1v) is 14.9. The number of carbonyl (C=O) groups excluding carboxylic acids is 2. The number of imidazole rings is 1. The molecule has 42 heavy (non-hydrogen) atoms. The second-order valence-electron chi connectivity index (χ2n) is 9.55. The number of benzene rings is 2. The topological polar surface area (TPSA) is 133 Å². The van der Waals surface area contributed by atoms with E-state index in [0.717, 1.165) is 22.5 Å². The van der Waals surface area contributed by atoms with Crippen molar-refractivity contribution >= 4 is 33.1 Å². The molecule has 0 aliphatic carbocycles. The van der Waals surface area contributed by atoms with Gasteiger partial charge in [0.25, 0.3) is 15.9 Å². The Morgan fingerprint density at radius 2 is 1.71 bits per heavy atom.